The lowest BCUT2D eigenvalue weighted by atomic mass is 10.2. The van der Waals surface area contributed by atoms with Gasteiger partial charge in [0.25, 0.3) is 0 Å². The molecule has 0 saturated carbocycles. The zero-order valence-electron chi connectivity index (χ0n) is 11.2. The Hall–Kier alpha value is -1.37. The second kappa shape index (κ2) is 7.42. The van der Waals surface area contributed by atoms with E-state index in [-0.39, 0.29) is 19.6 Å². The Morgan fingerprint density at radius 2 is 2.10 bits per heavy atom. The van der Waals surface area contributed by atoms with Crippen LogP contribution in [0, 0.1) is 0 Å². The van der Waals surface area contributed by atoms with Crippen LogP contribution in [-0.2, 0) is 21.4 Å². The van der Waals surface area contributed by atoms with Crippen molar-refractivity contribution in [2.45, 2.75) is 6.54 Å². The third-order valence-corrected chi connectivity index (χ3v) is 4.14. The van der Waals surface area contributed by atoms with Crippen molar-refractivity contribution < 1.29 is 13.2 Å². The molecule has 0 aliphatic rings. The number of nitrogens with zero attached hydrogens (tertiary/aromatic N) is 1. The monoisotopic (exact) mass is 316 g/mol. The number of carbonyl (C=O) groups excluding carboxylic acids is 1. The summed E-state index contributed by atoms with van der Waals surface area (Å²) in [6.07, 6.45) is 2.49. The number of sulfonamides is 1. The van der Waals surface area contributed by atoms with Crippen molar-refractivity contribution in [3.63, 3.8) is 0 Å². The van der Waals surface area contributed by atoms with Crippen LogP contribution in [0.5, 0.6) is 0 Å². The van der Waals surface area contributed by atoms with E-state index in [0.717, 1.165) is 16.1 Å². The van der Waals surface area contributed by atoms with Gasteiger partial charge in [0, 0.05) is 18.1 Å². The van der Waals surface area contributed by atoms with Crippen LogP contribution in [0.4, 0.5) is 0 Å². The highest BCUT2D eigenvalue weighted by Gasteiger charge is 2.18. The van der Waals surface area contributed by atoms with Crippen molar-refractivity contribution >= 4 is 27.5 Å². The Bertz CT molecular complexity index is 587. The van der Waals surface area contributed by atoms with Crippen LogP contribution >= 0.6 is 11.6 Å². The van der Waals surface area contributed by atoms with Gasteiger partial charge in [-0.05, 0) is 11.6 Å². The largest absolute Gasteiger partial charge is 0.351 e. The van der Waals surface area contributed by atoms with Crippen molar-refractivity contribution in [3.05, 3.63) is 47.5 Å². The van der Waals surface area contributed by atoms with Crippen LogP contribution in [0.15, 0.2) is 36.9 Å². The van der Waals surface area contributed by atoms with Gasteiger partial charge in [-0.2, -0.15) is 4.31 Å². The van der Waals surface area contributed by atoms with E-state index in [4.69, 9.17) is 11.6 Å². The number of carbonyl (C=O) groups is 1. The molecule has 0 unspecified atom stereocenters. The average molecular weight is 317 g/mol. The maximum absolute atomic E-state index is 11.8. The van der Waals surface area contributed by atoms with E-state index in [1.807, 2.05) is 6.07 Å². The molecule has 0 atom stereocenters. The Labute approximate surface area is 124 Å². The number of benzene rings is 1. The molecule has 0 aromatic heterocycles. The highest BCUT2D eigenvalue weighted by molar-refractivity contribution is 7.88. The van der Waals surface area contributed by atoms with Crippen molar-refractivity contribution in [2.24, 2.45) is 0 Å². The highest BCUT2D eigenvalue weighted by atomic mass is 35.5. The van der Waals surface area contributed by atoms with E-state index in [9.17, 15) is 13.2 Å². The standard InChI is InChI=1S/C13H17ClN2O3S/c1-3-8-16(20(2,18)19)10-13(17)15-9-11-6-4-5-7-12(11)14/h3-7H,1,8-10H2,2H3,(H,15,17). The molecule has 5 nitrogen and oxygen atoms in total. The summed E-state index contributed by atoms with van der Waals surface area (Å²) in [4.78, 5) is 11.8. The highest BCUT2D eigenvalue weighted by Crippen LogP contribution is 2.14. The topological polar surface area (TPSA) is 66.5 Å². The fourth-order valence-corrected chi connectivity index (χ4v) is 2.44. The molecule has 0 spiro atoms. The summed E-state index contributed by atoms with van der Waals surface area (Å²) in [6.45, 7) is 3.58. The van der Waals surface area contributed by atoms with Crippen molar-refractivity contribution in [1.29, 1.82) is 0 Å². The number of hydrogen-bond donors (Lipinski definition) is 1. The van der Waals surface area contributed by atoms with Gasteiger partial charge < -0.3 is 5.32 Å². The van der Waals surface area contributed by atoms with Gasteiger partial charge in [0.2, 0.25) is 15.9 Å². The van der Waals surface area contributed by atoms with Crippen LogP contribution in [0.1, 0.15) is 5.56 Å². The number of hydrogen-bond acceptors (Lipinski definition) is 3. The summed E-state index contributed by atoms with van der Waals surface area (Å²) < 4.78 is 24.0. The molecule has 1 N–H and O–H groups in total. The third-order valence-electron chi connectivity index (χ3n) is 2.56. The fourth-order valence-electron chi connectivity index (χ4n) is 1.51. The van der Waals surface area contributed by atoms with E-state index in [1.165, 1.54) is 6.08 Å². The maximum Gasteiger partial charge on any atom is 0.235 e. The normalized spacial score (nSPS) is 11.3. The van der Waals surface area contributed by atoms with E-state index in [1.54, 1.807) is 18.2 Å². The molecule has 0 aliphatic heterocycles. The number of rotatable bonds is 7. The van der Waals surface area contributed by atoms with E-state index >= 15 is 0 Å². The SMILES string of the molecule is C=CCN(CC(=O)NCc1ccccc1Cl)S(C)(=O)=O. The Morgan fingerprint density at radius 3 is 2.65 bits per heavy atom. The lowest BCUT2D eigenvalue weighted by molar-refractivity contribution is -0.121. The third kappa shape index (κ3) is 5.32. The van der Waals surface area contributed by atoms with Gasteiger partial charge >= 0.3 is 0 Å². The zero-order valence-corrected chi connectivity index (χ0v) is 12.7. The lowest BCUT2D eigenvalue weighted by Crippen LogP contribution is -2.40. The van der Waals surface area contributed by atoms with E-state index < -0.39 is 15.9 Å². The average Bonchev–Trinajstić information content (AvgIpc) is 2.36. The van der Waals surface area contributed by atoms with E-state index in [0.29, 0.717) is 5.02 Å². The van der Waals surface area contributed by atoms with Gasteiger partial charge in [0.15, 0.2) is 0 Å². The Morgan fingerprint density at radius 1 is 1.45 bits per heavy atom. The molecule has 1 rings (SSSR count). The summed E-state index contributed by atoms with van der Waals surface area (Å²) in [6, 6.07) is 7.13. The second-order valence-corrected chi connectivity index (χ2v) is 6.60. The van der Waals surface area contributed by atoms with E-state index in [2.05, 4.69) is 11.9 Å². The predicted molar refractivity (Wildman–Crippen MR) is 79.9 cm³/mol. The number of nitrogens with one attached hydrogen (secondary N) is 1. The van der Waals surface area contributed by atoms with Crippen LogP contribution in [-0.4, -0.2) is 38.0 Å². The molecule has 110 valence electrons. The van der Waals surface area contributed by atoms with Crippen molar-refractivity contribution in [2.75, 3.05) is 19.3 Å². The number of amides is 1. The minimum absolute atomic E-state index is 0.0956. The van der Waals surface area contributed by atoms with Gasteiger partial charge in [-0.3, -0.25) is 4.79 Å². The smallest absolute Gasteiger partial charge is 0.235 e. The van der Waals surface area contributed by atoms with Crippen LogP contribution in [0.2, 0.25) is 5.02 Å². The minimum Gasteiger partial charge on any atom is -0.351 e. The molecule has 0 fully saturated rings. The fraction of sp³-hybridized carbons (Fsp3) is 0.308. The summed E-state index contributed by atoms with van der Waals surface area (Å²) in [5, 5.41) is 3.19. The summed E-state index contributed by atoms with van der Waals surface area (Å²) in [5.41, 5.74) is 0.775. The van der Waals surface area contributed by atoms with Gasteiger partial charge in [-0.25, -0.2) is 8.42 Å². The first kappa shape index (κ1) is 16.7. The molecule has 1 aromatic carbocycles. The first-order valence-electron chi connectivity index (χ1n) is 5.90. The van der Waals surface area contributed by atoms with Crippen LogP contribution in [0.3, 0.4) is 0 Å². The van der Waals surface area contributed by atoms with Gasteiger partial charge in [-0.1, -0.05) is 35.9 Å². The minimum atomic E-state index is -3.44. The Kier molecular flexibility index (Phi) is 6.19. The summed E-state index contributed by atoms with van der Waals surface area (Å²) in [5.74, 6) is -0.391. The first-order chi connectivity index (χ1) is 9.34. The summed E-state index contributed by atoms with van der Waals surface area (Å²) >= 11 is 5.96. The predicted octanol–water partition coefficient (Wildman–Crippen LogP) is 1.40. The van der Waals surface area contributed by atoms with Gasteiger partial charge in [0.05, 0.1) is 12.8 Å². The molecule has 0 aliphatic carbocycles. The number of halogens is 1. The molecule has 7 heteroatoms. The maximum atomic E-state index is 11.8. The van der Waals surface area contributed by atoms with Crippen LogP contribution < -0.4 is 5.32 Å². The molecule has 0 heterocycles. The molecular weight excluding hydrogens is 300 g/mol. The van der Waals surface area contributed by atoms with Gasteiger partial charge in [-0.15, -0.1) is 6.58 Å². The molecule has 1 aromatic rings. The molecule has 0 bridgehead atoms. The molecular formula is C13H17ClN2O3S. The summed E-state index contributed by atoms with van der Waals surface area (Å²) in [7, 11) is -3.44. The van der Waals surface area contributed by atoms with Gasteiger partial charge in [0.1, 0.15) is 0 Å². The molecule has 20 heavy (non-hydrogen) atoms. The quantitative estimate of drug-likeness (QED) is 0.773. The van der Waals surface area contributed by atoms with Crippen molar-refractivity contribution in [3.8, 4) is 0 Å². The Balaban J connectivity index is 2.59. The zero-order chi connectivity index (χ0) is 15.2. The molecule has 1 amide bonds. The molecule has 0 saturated heterocycles. The second-order valence-electron chi connectivity index (χ2n) is 4.21. The lowest BCUT2D eigenvalue weighted by Gasteiger charge is -2.17. The van der Waals surface area contributed by atoms with Crippen molar-refractivity contribution in [1.82, 2.24) is 9.62 Å². The first-order valence-corrected chi connectivity index (χ1v) is 8.13. The molecule has 0 radical (unpaired) electrons. The van der Waals surface area contributed by atoms with Crippen LogP contribution in [0.25, 0.3) is 0 Å².